The number of carbonyl (C=O) groups is 1. The minimum atomic E-state index is -0.635. The van der Waals surface area contributed by atoms with Crippen LogP contribution in [0.15, 0.2) is 0 Å². The molecule has 0 aliphatic carbocycles. The zero-order chi connectivity index (χ0) is 10.9. The Morgan fingerprint density at radius 2 is 1.93 bits per heavy atom. The van der Waals surface area contributed by atoms with Crippen LogP contribution in [0.1, 0.15) is 27.2 Å². The van der Waals surface area contributed by atoms with Crippen molar-refractivity contribution in [1.82, 2.24) is 0 Å². The molecule has 0 aromatic rings. The molecule has 1 aliphatic rings. The average Bonchev–Trinajstić information content (AvgIpc) is 2.28. The summed E-state index contributed by atoms with van der Waals surface area (Å²) >= 11 is 11.3. The predicted octanol–water partition coefficient (Wildman–Crippen LogP) is 3.13. The SMILES string of the molecule is CC(C)(C)[C@@H]1OC(=O)O[C@H]1CC(Cl)Cl. The third-order valence-electron chi connectivity index (χ3n) is 2.07. The molecule has 14 heavy (non-hydrogen) atoms. The van der Waals surface area contributed by atoms with Gasteiger partial charge < -0.3 is 9.47 Å². The summed E-state index contributed by atoms with van der Waals surface area (Å²) in [5.41, 5.74) is -0.167. The number of hydrogen-bond acceptors (Lipinski definition) is 3. The monoisotopic (exact) mass is 240 g/mol. The molecule has 1 saturated heterocycles. The van der Waals surface area contributed by atoms with Crippen LogP contribution in [0.5, 0.6) is 0 Å². The molecule has 1 fully saturated rings. The molecule has 0 radical (unpaired) electrons. The highest BCUT2D eigenvalue weighted by Crippen LogP contribution is 2.34. The fourth-order valence-electron chi connectivity index (χ4n) is 1.47. The predicted molar refractivity (Wildman–Crippen MR) is 54.7 cm³/mol. The second-order valence-corrected chi connectivity index (χ2v) is 5.71. The van der Waals surface area contributed by atoms with Gasteiger partial charge in [-0.05, 0) is 0 Å². The molecule has 0 saturated carbocycles. The minimum absolute atomic E-state index is 0.167. The summed E-state index contributed by atoms with van der Waals surface area (Å²) in [6, 6.07) is 0. The van der Waals surface area contributed by atoms with Crippen molar-refractivity contribution in [2.45, 2.75) is 44.2 Å². The highest BCUT2D eigenvalue weighted by atomic mass is 35.5. The van der Waals surface area contributed by atoms with E-state index >= 15 is 0 Å². The third kappa shape index (κ3) is 2.92. The summed E-state index contributed by atoms with van der Waals surface area (Å²) in [4.78, 5) is 10.4. The topological polar surface area (TPSA) is 35.5 Å². The Hall–Kier alpha value is -0.150. The molecule has 1 rings (SSSR count). The van der Waals surface area contributed by atoms with Crippen LogP contribution in [0.4, 0.5) is 4.79 Å². The highest BCUT2D eigenvalue weighted by molar-refractivity contribution is 6.44. The summed E-state index contributed by atoms with van der Waals surface area (Å²) in [7, 11) is 0. The highest BCUT2D eigenvalue weighted by Gasteiger charge is 2.44. The van der Waals surface area contributed by atoms with E-state index in [1.54, 1.807) is 0 Å². The van der Waals surface area contributed by atoms with Gasteiger partial charge in [0.1, 0.15) is 17.0 Å². The van der Waals surface area contributed by atoms with Gasteiger partial charge in [-0.1, -0.05) is 20.8 Å². The van der Waals surface area contributed by atoms with Crippen molar-refractivity contribution in [1.29, 1.82) is 0 Å². The Labute approximate surface area is 93.6 Å². The lowest BCUT2D eigenvalue weighted by Gasteiger charge is -2.27. The van der Waals surface area contributed by atoms with Crippen LogP contribution in [0.2, 0.25) is 0 Å². The summed E-state index contributed by atoms with van der Waals surface area (Å²) in [6.07, 6.45) is -0.863. The van der Waals surface area contributed by atoms with Gasteiger partial charge in [-0.2, -0.15) is 0 Å². The Morgan fingerprint density at radius 1 is 1.36 bits per heavy atom. The molecule has 0 aromatic carbocycles. The quantitative estimate of drug-likeness (QED) is 0.550. The minimum Gasteiger partial charge on any atom is -0.427 e. The van der Waals surface area contributed by atoms with Crippen LogP contribution in [0.25, 0.3) is 0 Å². The van der Waals surface area contributed by atoms with Gasteiger partial charge in [0.05, 0.1) is 0 Å². The number of cyclic esters (lactones) is 2. The van der Waals surface area contributed by atoms with Crippen molar-refractivity contribution in [3.05, 3.63) is 0 Å². The Balaban J connectivity index is 2.68. The molecule has 0 unspecified atom stereocenters. The number of rotatable bonds is 2. The second kappa shape index (κ2) is 4.15. The molecule has 5 heteroatoms. The van der Waals surface area contributed by atoms with Crippen molar-refractivity contribution in [3.8, 4) is 0 Å². The number of ether oxygens (including phenoxy) is 2. The molecule has 1 aliphatic heterocycles. The summed E-state index contributed by atoms with van der Waals surface area (Å²) < 4.78 is 10.0. The van der Waals surface area contributed by atoms with E-state index in [2.05, 4.69) is 0 Å². The van der Waals surface area contributed by atoms with Crippen molar-refractivity contribution in [3.63, 3.8) is 0 Å². The lowest BCUT2D eigenvalue weighted by Crippen LogP contribution is -2.36. The van der Waals surface area contributed by atoms with Crippen molar-refractivity contribution < 1.29 is 14.3 Å². The molecular weight excluding hydrogens is 227 g/mol. The average molecular weight is 241 g/mol. The van der Waals surface area contributed by atoms with Gasteiger partial charge in [0.25, 0.3) is 0 Å². The zero-order valence-corrected chi connectivity index (χ0v) is 9.93. The first-order chi connectivity index (χ1) is 6.30. The molecule has 0 bridgehead atoms. The van der Waals surface area contributed by atoms with Crippen LogP contribution < -0.4 is 0 Å². The van der Waals surface area contributed by atoms with E-state index < -0.39 is 11.0 Å². The van der Waals surface area contributed by atoms with Gasteiger partial charge in [0.15, 0.2) is 0 Å². The molecule has 82 valence electrons. The van der Waals surface area contributed by atoms with Crippen molar-refractivity contribution >= 4 is 29.4 Å². The van der Waals surface area contributed by atoms with Gasteiger partial charge in [-0.25, -0.2) is 4.79 Å². The number of carbonyl (C=O) groups excluding carboxylic acids is 1. The first kappa shape index (κ1) is 11.9. The lowest BCUT2D eigenvalue weighted by molar-refractivity contribution is 0.0498. The van der Waals surface area contributed by atoms with Crippen LogP contribution in [0.3, 0.4) is 0 Å². The number of hydrogen-bond donors (Lipinski definition) is 0. The van der Waals surface area contributed by atoms with Crippen LogP contribution in [-0.2, 0) is 9.47 Å². The molecule has 0 amide bonds. The standard InChI is InChI=1S/C9H14Cl2O3/c1-9(2,3)7-5(4-6(10)11)13-8(12)14-7/h5-7H,4H2,1-3H3/t5-,7+/m0/s1. The summed E-state index contributed by atoms with van der Waals surface area (Å²) in [6.45, 7) is 5.93. The molecule has 2 atom stereocenters. The van der Waals surface area contributed by atoms with E-state index in [1.165, 1.54) is 0 Å². The first-order valence-electron chi connectivity index (χ1n) is 4.46. The Kier molecular flexibility index (Phi) is 3.53. The number of halogens is 2. The zero-order valence-electron chi connectivity index (χ0n) is 8.42. The molecular formula is C9H14Cl2O3. The van der Waals surface area contributed by atoms with Crippen molar-refractivity contribution in [2.24, 2.45) is 5.41 Å². The largest absolute Gasteiger partial charge is 0.509 e. The van der Waals surface area contributed by atoms with Crippen LogP contribution >= 0.6 is 23.2 Å². The normalized spacial score (nSPS) is 27.7. The van der Waals surface area contributed by atoms with Gasteiger partial charge in [0.2, 0.25) is 0 Å². The van der Waals surface area contributed by atoms with E-state index in [0.717, 1.165) is 0 Å². The van der Waals surface area contributed by atoms with E-state index in [9.17, 15) is 4.79 Å². The van der Waals surface area contributed by atoms with Gasteiger partial charge in [-0.3, -0.25) is 0 Å². The fraction of sp³-hybridized carbons (Fsp3) is 0.889. The van der Waals surface area contributed by atoms with E-state index in [4.69, 9.17) is 32.7 Å². The van der Waals surface area contributed by atoms with Crippen LogP contribution in [0, 0.1) is 5.41 Å². The second-order valence-electron chi connectivity index (χ2n) is 4.44. The maximum atomic E-state index is 11.0. The maximum absolute atomic E-state index is 11.0. The summed E-state index contributed by atoms with van der Waals surface area (Å²) in [5.74, 6) is 0. The summed E-state index contributed by atoms with van der Waals surface area (Å²) in [5, 5.41) is 0. The number of alkyl halides is 2. The van der Waals surface area contributed by atoms with Gasteiger partial charge >= 0.3 is 6.16 Å². The lowest BCUT2D eigenvalue weighted by atomic mass is 9.85. The first-order valence-corrected chi connectivity index (χ1v) is 5.33. The van der Waals surface area contributed by atoms with Crippen molar-refractivity contribution in [2.75, 3.05) is 0 Å². The Bertz CT molecular complexity index is 223. The molecule has 0 spiro atoms. The molecule has 1 heterocycles. The van der Waals surface area contributed by atoms with E-state index in [-0.39, 0.29) is 17.6 Å². The van der Waals surface area contributed by atoms with Gasteiger partial charge in [-0.15, -0.1) is 23.2 Å². The van der Waals surface area contributed by atoms with Crippen LogP contribution in [-0.4, -0.2) is 23.2 Å². The van der Waals surface area contributed by atoms with Gasteiger partial charge in [0, 0.05) is 11.8 Å². The molecule has 0 N–H and O–H groups in total. The molecule has 3 nitrogen and oxygen atoms in total. The maximum Gasteiger partial charge on any atom is 0.509 e. The van der Waals surface area contributed by atoms with E-state index in [0.29, 0.717) is 6.42 Å². The Morgan fingerprint density at radius 3 is 2.36 bits per heavy atom. The fourth-order valence-corrected chi connectivity index (χ4v) is 1.83. The molecule has 0 aromatic heterocycles. The smallest absolute Gasteiger partial charge is 0.427 e. The van der Waals surface area contributed by atoms with E-state index in [1.807, 2.05) is 20.8 Å². The third-order valence-corrected chi connectivity index (χ3v) is 2.43.